The molecule has 6 nitrogen and oxygen atoms in total. The Labute approximate surface area is 153 Å². The van der Waals surface area contributed by atoms with Gasteiger partial charge in [-0.15, -0.1) is 5.10 Å². The molecule has 0 radical (unpaired) electrons. The standard InChI is InChI=1S/C18H15FN4O2S/c19-14-9-5-4-6-12(14)11-21-22-18(20)26-15-10-16(24)23(17(15)25)13-7-2-1-3-8-13/h1-9,11,15H,10H2,(H2,20,22)/t15-/m0/s1. The summed E-state index contributed by atoms with van der Waals surface area (Å²) in [6.07, 6.45) is 1.27. The molecule has 2 aromatic rings. The van der Waals surface area contributed by atoms with Gasteiger partial charge in [-0.2, -0.15) is 5.10 Å². The molecule has 1 aliphatic heterocycles. The average molecular weight is 370 g/mol. The molecular formula is C18H15FN4O2S. The van der Waals surface area contributed by atoms with E-state index in [4.69, 9.17) is 5.73 Å². The molecule has 26 heavy (non-hydrogen) atoms. The summed E-state index contributed by atoms with van der Waals surface area (Å²) in [5, 5.41) is 6.86. The number of para-hydroxylation sites is 1. The van der Waals surface area contributed by atoms with Gasteiger partial charge >= 0.3 is 0 Å². The molecule has 0 saturated carbocycles. The lowest BCUT2D eigenvalue weighted by molar-refractivity contribution is -0.121. The number of rotatable bonds is 4. The molecule has 1 aliphatic rings. The molecule has 2 amide bonds. The molecule has 2 aromatic carbocycles. The molecule has 0 aromatic heterocycles. The Morgan fingerprint density at radius 2 is 1.85 bits per heavy atom. The SMILES string of the molecule is N/C(=N/N=Cc1ccccc1F)S[C@H]1CC(=O)N(c2ccccc2)C1=O. The number of halogens is 1. The number of thioether (sulfide) groups is 1. The summed E-state index contributed by atoms with van der Waals surface area (Å²) in [4.78, 5) is 25.8. The maximum Gasteiger partial charge on any atom is 0.247 e. The maximum atomic E-state index is 13.5. The molecule has 1 heterocycles. The molecule has 132 valence electrons. The van der Waals surface area contributed by atoms with Gasteiger partial charge < -0.3 is 5.73 Å². The minimum absolute atomic E-state index is 0.0265. The van der Waals surface area contributed by atoms with E-state index in [2.05, 4.69) is 10.2 Å². The van der Waals surface area contributed by atoms with E-state index in [9.17, 15) is 14.0 Å². The van der Waals surface area contributed by atoms with Crippen LogP contribution in [0.1, 0.15) is 12.0 Å². The van der Waals surface area contributed by atoms with Crippen molar-refractivity contribution in [3.05, 3.63) is 66.0 Å². The third-order valence-corrected chi connectivity index (χ3v) is 4.62. The van der Waals surface area contributed by atoms with Gasteiger partial charge in [0.05, 0.1) is 11.9 Å². The van der Waals surface area contributed by atoms with E-state index >= 15 is 0 Å². The Kier molecular flexibility index (Phi) is 5.43. The number of amidine groups is 1. The summed E-state index contributed by atoms with van der Waals surface area (Å²) in [7, 11) is 0. The summed E-state index contributed by atoms with van der Waals surface area (Å²) in [6, 6.07) is 14.8. The van der Waals surface area contributed by atoms with E-state index in [0.29, 0.717) is 5.69 Å². The van der Waals surface area contributed by atoms with Gasteiger partial charge in [-0.25, -0.2) is 9.29 Å². The van der Waals surface area contributed by atoms with Crippen LogP contribution >= 0.6 is 11.8 Å². The van der Waals surface area contributed by atoms with Crippen molar-refractivity contribution in [3.63, 3.8) is 0 Å². The van der Waals surface area contributed by atoms with Crippen LogP contribution in [0, 0.1) is 5.82 Å². The van der Waals surface area contributed by atoms with E-state index in [1.165, 1.54) is 12.3 Å². The average Bonchev–Trinajstić information content (AvgIpc) is 2.91. The van der Waals surface area contributed by atoms with Gasteiger partial charge in [0, 0.05) is 12.0 Å². The Morgan fingerprint density at radius 3 is 2.58 bits per heavy atom. The molecular weight excluding hydrogens is 355 g/mol. The van der Waals surface area contributed by atoms with Crippen LogP contribution in [-0.4, -0.2) is 28.4 Å². The Morgan fingerprint density at radius 1 is 1.15 bits per heavy atom. The zero-order valence-electron chi connectivity index (χ0n) is 13.6. The van der Waals surface area contributed by atoms with Crippen LogP contribution in [0.25, 0.3) is 0 Å². The molecule has 0 bridgehead atoms. The van der Waals surface area contributed by atoms with Crippen molar-refractivity contribution in [3.8, 4) is 0 Å². The second kappa shape index (κ2) is 7.92. The Balaban J connectivity index is 1.66. The highest BCUT2D eigenvalue weighted by Crippen LogP contribution is 2.29. The van der Waals surface area contributed by atoms with Crippen LogP contribution in [0.2, 0.25) is 0 Å². The molecule has 1 saturated heterocycles. The third kappa shape index (κ3) is 3.97. The van der Waals surface area contributed by atoms with Crippen LogP contribution in [0.5, 0.6) is 0 Å². The van der Waals surface area contributed by atoms with Crippen molar-refractivity contribution in [1.82, 2.24) is 0 Å². The van der Waals surface area contributed by atoms with E-state index in [0.717, 1.165) is 16.7 Å². The van der Waals surface area contributed by atoms with Crippen molar-refractivity contribution in [1.29, 1.82) is 0 Å². The number of nitrogens with two attached hydrogens (primary N) is 1. The number of amides is 2. The largest absolute Gasteiger partial charge is 0.377 e. The molecule has 0 unspecified atom stereocenters. The summed E-state index contributed by atoms with van der Waals surface area (Å²) >= 11 is 0.965. The number of hydrogen-bond donors (Lipinski definition) is 1. The first-order valence-electron chi connectivity index (χ1n) is 7.76. The minimum atomic E-state index is -0.657. The summed E-state index contributed by atoms with van der Waals surface area (Å²) in [5.74, 6) is -1.06. The van der Waals surface area contributed by atoms with Gasteiger partial charge in [0.1, 0.15) is 11.1 Å². The number of benzene rings is 2. The van der Waals surface area contributed by atoms with Crippen molar-refractivity contribution < 1.29 is 14.0 Å². The topological polar surface area (TPSA) is 88.1 Å². The lowest BCUT2D eigenvalue weighted by Gasteiger charge is -2.14. The molecule has 1 fully saturated rings. The molecule has 8 heteroatoms. The normalized spacial score (nSPS) is 18.1. The van der Waals surface area contributed by atoms with Crippen LogP contribution in [0.3, 0.4) is 0 Å². The molecule has 3 rings (SSSR count). The highest BCUT2D eigenvalue weighted by Gasteiger charge is 2.40. The number of carbonyl (C=O) groups excluding carboxylic acids is 2. The number of carbonyl (C=O) groups is 2. The molecule has 2 N–H and O–H groups in total. The maximum absolute atomic E-state index is 13.5. The van der Waals surface area contributed by atoms with Gasteiger partial charge in [-0.3, -0.25) is 9.59 Å². The van der Waals surface area contributed by atoms with Crippen LogP contribution in [0.15, 0.2) is 64.8 Å². The highest BCUT2D eigenvalue weighted by atomic mass is 32.2. The second-order valence-electron chi connectivity index (χ2n) is 5.42. The van der Waals surface area contributed by atoms with Gasteiger partial charge in [-0.05, 0) is 18.2 Å². The van der Waals surface area contributed by atoms with Crippen molar-refractivity contribution in [2.24, 2.45) is 15.9 Å². The fraction of sp³-hybridized carbons (Fsp3) is 0.111. The molecule has 0 aliphatic carbocycles. The first kappa shape index (κ1) is 17.8. The van der Waals surface area contributed by atoms with Crippen LogP contribution in [0.4, 0.5) is 10.1 Å². The number of hydrogen-bond acceptors (Lipinski definition) is 5. The number of nitrogens with zero attached hydrogens (tertiary/aromatic N) is 3. The van der Waals surface area contributed by atoms with E-state index in [1.54, 1.807) is 48.5 Å². The van der Waals surface area contributed by atoms with Crippen molar-refractivity contribution in [2.45, 2.75) is 11.7 Å². The van der Waals surface area contributed by atoms with Crippen molar-refractivity contribution in [2.75, 3.05) is 4.90 Å². The number of imide groups is 1. The predicted octanol–water partition coefficient (Wildman–Crippen LogP) is 2.54. The predicted molar refractivity (Wildman–Crippen MR) is 101 cm³/mol. The zero-order chi connectivity index (χ0) is 18.5. The summed E-state index contributed by atoms with van der Waals surface area (Å²) < 4.78 is 13.5. The summed E-state index contributed by atoms with van der Waals surface area (Å²) in [6.45, 7) is 0. The molecule has 1 atom stereocenters. The van der Waals surface area contributed by atoms with E-state index in [1.807, 2.05) is 0 Å². The summed E-state index contributed by atoms with van der Waals surface area (Å²) in [5.41, 5.74) is 6.57. The first-order chi connectivity index (χ1) is 12.6. The fourth-order valence-corrected chi connectivity index (χ4v) is 3.26. The van der Waals surface area contributed by atoms with Gasteiger partial charge in [0.15, 0.2) is 5.17 Å². The Bertz CT molecular complexity index is 886. The quantitative estimate of drug-likeness (QED) is 0.388. The zero-order valence-corrected chi connectivity index (χ0v) is 14.4. The van der Waals surface area contributed by atoms with Gasteiger partial charge in [0.2, 0.25) is 11.8 Å². The third-order valence-electron chi connectivity index (χ3n) is 3.64. The van der Waals surface area contributed by atoms with Gasteiger partial charge in [-0.1, -0.05) is 48.2 Å². The van der Waals surface area contributed by atoms with Crippen molar-refractivity contribution >= 4 is 40.6 Å². The number of anilines is 1. The van der Waals surface area contributed by atoms with Crippen LogP contribution < -0.4 is 10.6 Å². The van der Waals surface area contributed by atoms with E-state index < -0.39 is 11.1 Å². The van der Waals surface area contributed by atoms with E-state index in [-0.39, 0.29) is 29.0 Å². The van der Waals surface area contributed by atoms with Crippen LogP contribution in [-0.2, 0) is 9.59 Å². The fourth-order valence-electron chi connectivity index (χ4n) is 2.44. The Hall–Kier alpha value is -3.00. The van der Waals surface area contributed by atoms with Gasteiger partial charge in [0.25, 0.3) is 0 Å². The smallest absolute Gasteiger partial charge is 0.247 e. The first-order valence-corrected chi connectivity index (χ1v) is 8.64. The lowest BCUT2D eigenvalue weighted by atomic mass is 10.2. The lowest BCUT2D eigenvalue weighted by Crippen LogP contribution is -2.31. The highest BCUT2D eigenvalue weighted by molar-refractivity contribution is 8.14. The minimum Gasteiger partial charge on any atom is -0.377 e. The monoisotopic (exact) mass is 370 g/mol. The molecule has 0 spiro atoms. The second-order valence-corrected chi connectivity index (χ2v) is 6.64.